The van der Waals surface area contributed by atoms with E-state index >= 15 is 0 Å². The monoisotopic (exact) mass is 330 g/mol. The largest absolute Gasteiger partial charge is 0.493 e. The first-order valence-corrected chi connectivity index (χ1v) is 7.26. The lowest BCUT2D eigenvalue weighted by Crippen LogP contribution is -2.23. The normalized spacial score (nSPS) is 13.0. The number of aromatic nitrogens is 2. The molecule has 2 heterocycles. The SMILES string of the molecule is COc1cc(CN2Cc3c(N)ncnc3C2=O)cc(OC)c1OC. The van der Waals surface area contributed by atoms with E-state index in [0.29, 0.717) is 47.4 Å². The molecule has 1 aromatic heterocycles. The lowest BCUT2D eigenvalue weighted by atomic mass is 10.1. The smallest absolute Gasteiger partial charge is 0.273 e. The van der Waals surface area contributed by atoms with Gasteiger partial charge in [0, 0.05) is 12.1 Å². The zero-order valence-corrected chi connectivity index (χ0v) is 13.7. The molecule has 1 amide bonds. The summed E-state index contributed by atoms with van der Waals surface area (Å²) in [6.45, 7) is 0.739. The number of hydrogen-bond donors (Lipinski definition) is 1. The highest BCUT2D eigenvalue weighted by molar-refractivity contribution is 5.97. The Morgan fingerprint density at radius 1 is 1.12 bits per heavy atom. The van der Waals surface area contributed by atoms with Crippen molar-refractivity contribution >= 4 is 11.7 Å². The third-order valence-electron chi connectivity index (χ3n) is 3.92. The van der Waals surface area contributed by atoms with Crippen molar-refractivity contribution in [2.75, 3.05) is 27.1 Å². The highest BCUT2D eigenvalue weighted by Gasteiger charge is 2.31. The van der Waals surface area contributed by atoms with Gasteiger partial charge in [0.15, 0.2) is 11.5 Å². The molecular formula is C16H18N4O4. The summed E-state index contributed by atoms with van der Waals surface area (Å²) in [5.74, 6) is 1.74. The van der Waals surface area contributed by atoms with Crippen molar-refractivity contribution in [1.82, 2.24) is 14.9 Å². The summed E-state index contributed by atoms with van der Waals surface area (Å²) in [6.07, 6.45) is 1.30. The van der Waals surface area contributed by atoms with Crippen LogP contribution in [0.5, 0.6) is 17.2 Å². The van der Waals surface area contributed by atoms with Gasteiger partial charge in [0.25, 0.3) is 5.91 Å². The van der Waals surface area contributed by atoms with Gasteiger partial charge in [0.2, 0.25) is 5.75 Å². The summed E-state index contributed by atoms with van der Waals surface area (Å²) < 4.78 is 16.0. The molecule has 1 aliphatic heterocycles. The minimum Gasteiger partial charge on any atom is -0.493 e. The van der Waals surface area contributed by atoms with E-state index in [4.69, 9.17) is 19.9 Å². The molecule has 0 radical (unpaired) electrons. The zero-order valence-electron chi connectivity index (χ0n) is 13.7. The third kappa shape index (κ3) is 2.55. The van der Waals surface area contributed by atoms with Gasteiger partial charge < -0.3 is 24.8 Å². The molecule has 0 saturated heterocycles. The summed E-state index contributed by atoms with van der Waals surface area (Å²) in [4.78, 5) is 22.1. The topological polar surface area (TPSA) is 99.8 Å². The Morgan fingerprint density at radius 2 is 1.79 bits per heavy atom. The van der Waals surface area contributed by atoms with Gasteiger partial charge in [-0.15, -0.1) is 0 Å². The number of fused-ring (bicyclic) bond motifs is 1. The van der Waals surface area contributed by atoms with Crippen LogP contribution in [0.1, 0.15) is 21.6 Å². The first-order chi connectivity index (χ1) is 11.6. The van der Waals surface area contributed by atoms with Crippen molar-refractivity contribution in [1.29, 1.82) is 0 Å². The molecule has 8 nitrogen and oxygen atoms in total. The standard InChI is InChI=1S/C16H18N4O4/c1-22-11-4-9(5-12(23-2)14(11)24-3)6-20-7-10-13(16(20)21)18-8-19-15(10)17/h4-5,8H,6-7H2,1-3H3,(H2,17,18,19). The maximum Gasteiger partial charge on any atom is 0.273 e. The van der Waals surface area contributed by atoms with E-state index in [-0.39, 0.29) is 5.91 Å². The van der Waals surface area contributed by atoms with E-state index in [9.17, 15) is 4.79 Å². The van der Waals surface area contributed by atoms with Crippen molar-refractivity contribution < 1.29 is 19.0 Å². The molecule has 3 rings (SSSR count). The predicted molar refractivity (Wildman–Crippen MR) is 86.1 cm³/mol. The lowest BCUT2D eigenvalue weighted by Gasteiger charge is -2.18. The van der Waals surface area contributed by atoms with Crippen LogP contribution in [0.2, 0.25) is 0 Å². The van der Waals surface area contributed by atoms with E-state index in [2.05, 4.69) is 9.97 Å². The minimum absolute atomic E-state index is 0.173. The van der Waals surface area contributed by atoms with E-state index in [1.807, 2.05) is 12.1 Å². The zero-order chi connectivity index (χ0) is 17.3. The van der Waals surface area contributed by atoms with Gasteiger partial charge in [-0.05, 0) is 17.7 Å². The molecule has 0 unspecified atom stereocenters. The highest BCUT2D eigenvalue weighted by atomic mass is 16.5. The predicted octanol–water partition coefficient (Wildman–Crippen LogP) is 1.24. The van der Waals surface area contributed by atoms with E-state index in [1.54, 1.807) is 26.2 Å². The molecule has 0 spiro atoms. The second-order valence-corrected chi connectivity index (χ2v) is 5.28. The highest BCUT2D eigenvalue weighted by Crippen LogP contribution is 2.39. The van der Waals surface area contributed by atoms with Crippen molar-refractivity contribution in [3.63, 3.8) is 0 Å². The number of methoxy groups -OCH3 is 3. The summed E-state index contributed by atoms with van der Waals surface area (Å²) in [7, 11) is 4.64. The Labute approximate surface area is 139 Å². The number of amides is 1. The van der Waals surface area contributed by atoms with Gasteiger partial charge in [-0.25, -0.2) is 9.97 Å². The average Bonchev–Trinajstić information content (AvgIpc) is 2.91. The van der Waals surface area contributed by atoms with Crippen molar-refractivity contribution in [2.24, 2.45) is 0 Å². The van der Waals surface area contributed by atoms with Crippen molar-refractivity contribution in [3.05, 3.63) is 35.3 Å². The first kappa shape index (κ1) is 15.9. The molecule has 0 fully saturated rings. The molecular weight excluding hydrogens is 312 g/mol. The Kier molecular flexibility index (Phi) is 4.11. The number of benzene rings is 1. The van der Waals surface area contributed by atoms with Gasteiger partial charge in [0.1, 0.15) is 17.8 Å². The molecule has 0 saturated carbocycles. The lowest BCUT2D eigenvalue weighted by molar-refractivity contribution is 0.0762. The van der Waals surface area contributed by atoms with Crippen LogP contribution >= 0.6 is 0 Å². The number of nitrogens with two attached hydrogens (primary N) is 1. The number of carbonyl (C=O) groups is 1. The Balaban J connectivity index is 1.90. The minimum atomic E-state index is -0.173. The quantitative estimate of drug-likeness (QED) is 0.880. The molecule has 24 heavy (non-hydrogen) atoms. The molecule has 126 valence electrons. The maximum absolute atomic E-state index is 12.5. The summed E-state index contributed by atoms with van der Waals surface area (Å²) >= 11 is 0. The van der Waals surface area contributed by atoms with Crippen LogP contribution < -0.4 is 19.9 Å². The van der Waals surface area contributed by atoms with Crippen LogP contribution in [-0.2, 0) is 13.1 Å². The van der Waals surface area contributed by atoms with Crippen LogP contribution in [0.25, 0.3) is 0 Å². The molecule has 0 aliphatic carbocycles. The van der Waals surface area contributed by atoms with Crippen LogP contribution in [0.3, 0.4) is 0 Å². The molecule has 8 heteroatoms. The number of hydrogen-bond acceptors (Lipinski definition) is 7. The molecule has 2 N–H and O–H groups in total. The second-order valence-electron chi connectivity index (χ2n) is 5.28. The van der Waals surface area contributed by atoms with E-state index < -0.39 is 0 Å². The molecule has 2 aromatic rings. The average molecular weight is 330 g/mol. The maximum atomic E-state index is 12.5. The fourth-order valence-electron chi connectivity index (χ4n) is 2.75. The van der Waals surface area contributed by atoms with E-state index in [0.717, 1.165) is 5.56 Å². The van der Waals surface area contributed by atoms with Crippen molar-refractivity contribution in [3.8, 4) is 17.2 Å². The summed E-state index contributed by atoms with van der Waals surface area (Å²) in [6, 6.07) is 3.62. The Hall–Kier alpha value is -3.03. The second kappa shape index (κ2) is 6.23. The molecule has 0 bridgehead atoms. The van der Waals surface area contributed by atoms with E-state index in [1.165, 1.54) is 6.33 Å². The third-order valence-corrected chi connectivity index (χ3v) is 3.92. The van der Waals surface area contributed by atoms with Crippen LogP contribution in [0.4, 0.5) is 5.82 Å². The van der Waals surface area contributed by atoms with Gasteiger partial charge in [0.05, 0.1) is 27.9 Å². The Morgan fingerprint density at radius 3 is 2.33 bits per heavy atom. The molecule has 1 aliphatic rings. The number of carbonyl (C=O) groups excluding carboxylic acids is 1. The van der Waals surface area contributed by atoms with Gasteiger partial charge >= 0.3 is 0 Å². The van der Waals surface area contributed by atoms with Crippen molar-refractivity contribution in [2.45, 2.75) is 13.1 Å². The number of nitrogens with zero attached hydrogens (tertiary/aromatic N) is 3. The summed E-state index contributed by atoms with van der Waals surface area (Å²) in [5, 5.41) is 0. The fourth-order valence-corrected chi connectivity index (χ4v) is 2.75. The molecule has 0 atom stereocenters. The van der Waals surface area contributed by atoms with Gasteiger partial charge in [-0.2, -0.15) is 0 Å². The first-order valence-electron chi connectivity index (χ1n) is 7.26. The fraction of sp³-hybridized carbons (Fsp3) is 0.312. The van der Waals surface area contributed by atoms with Gasteiger partial charge in [-0.3, -0.25) is 4.79 Å². The van der Waals surface area contributed by atoms with Gasteiger partial charge in [-0.1, -0.05) is 0 Å². The summed E-state index contributed by atoms with van der Waals surface area (Å²) in [5.41, 5.74) is 7.70. The number of anilines is 1. The van der Waals surface area contributed by atoms with Crippen LogP contribution in [0.15, 0.2) is 18.5 Å². The number of ether oxygens (including phenoxy) is 3. The number of rotatable bonds is 5. The van der Waals surface area contributed by atoms with Crippen LogP contribution in [0, 0.1) is 0 Å². The van der Waals surface area contributed by atoms with Crippen LogP contribution in [-0.4, -0.2) is 42.1 Å². The Bertz CT molecular complexity index is 769. The molecule has 1 aromatic carbocycles. The number of nitrogen functional groups attached to an aromatic ring is 1.